The second kappa shape index (κ2) is 4.53. The summed E-state index contributed by atoms with van der Waals surface area (Å²) in [5, 5.41) is 3.16. The van der Waals surface area contributed by atoms with Crippen molar-refractivity contribution in [1.82, 2.24) is 15.0 Å². The molecule has 0 aliphatic carbocycles. The molecule has 0 aliphatic heterocycles. The van der Waals surface area contributed by atoms with Crippen molar-refractivity contribution in [3.8, 4) is 0 Å². The molecule has 0 unspecified atom stereocenters. The van der Waals surface area contributed by atoms with Crippen molar-refractivity contribution in [2.24, 2.45) is 0 Å². The van der Waals surface area contributed by atoms with Crippen molar-refractivity contribution in [2.75, 3.05) is 15.9 Å². The summed E-state index contributed by atoms with van der Waals surface area (Å²) in [5.41, 5.74) is 5.15. The Balaban J connectivity index is 3.03. The molecule has 96 valence electrons. The van der Waals surface area contributed by atoms with Crippen LogP contribution in [0, 0.1) is 0 Å². The van der Waals surface area contributed by atoms with Gasteiger partial charge in [0, 0.05) is 0 Å². The number of anilines is 3. The van der Waals surface area contributed by atoms with Crippen molar-refractivity contribution in [3.05, 3.63) is 0 Å². The topological polar surface area (TPSA) is 204 Å². The first-order chi connectivity index (χ1) is 7.55. The van der Waals surface area contributed by atoms with Crippen LogP contribution in [0.3, 0.4) is 0 Å². The molecule has 1 aromatic heterocycles. The van der Waals surface area contributed by atoms with Gasteiger partial charge in [0.2, 0.25) is 17.8 Å². The fraction of sp³-hybridized carbons (Fsp3) is 0. The molecule has 0 aliphatic rings. The molecule has 1 aromatic rings. The number of nitrogens with two attached hydrogens (primary N) is 1. The number of nitrogen functional groups attached to an aromatic ring is 1. The first kappa shape index (κ1) is 13.8. The second-order valence-electron chi connectivity index (χ2n) is 2.65. The molecule has 14 heteroatoms. The molecule has 1 rings (SSSR count). The van der Waals surface area contributed by atoms with Crippen LogP contribution in [0.15, 0.2) is 0 Å². The van der Waals surface area contributed by atoms with E-state index in [9.17, 15) is 9.13 Å². The van der Waals surface area contributed by atoms with Gasteiger partial charge in [-0.3, -0.25) is 10.2 Å². The van der Waals surface area contributed by atoms with Crippen molar-refractivity contribution in [2.45, 2.75) is 0 Å². The number of rotatable bonds is 4. The van der Waals surface area contributed by atoms with Gasteiger partial charge in [-0.1, -0.05) is 0 Å². The van der Waals surface area contributed by atoms with E-state index in [0.29, 0.717) is 0 Å². The summed E-state index contributed by atoms with van der Waals surface area (Å²) in [6.07, 6.45) is 0. The van der Waals surface area contributed by atoms with Gasteiger partial charge in [0.05, 0.1) is 0 Å². The summed E-state index contributed by atoms with van der Waals surface area (Å²) < 4.78 is 21.2. The average Bonchev–Trinajstić information content (AvgIpc) is 1.93. The average molecular weight is 286 g/mol. The maximum atomic E-state index is 10.6. The lowest BCUT2D eigenvalue weighted by molar-refractivity contribution is 0.378. The van der Waals surface area contributed by atoms with E-state index in [4.69, 9.17) is 25.3 Å². The Morgan fingerprint density at radius 2 is 1.24 bits per heavy atom. The first-order valence-electron chi connectivity index (χ1n) is 3.74. The minimum Gasteiger partial charge on any atom is -0.368 e. The maximum Gasteiger partial charge on any atom is 0.429 e. The molecule has 8 N–H and O–H groups in total. The highest BCUT2D eigenvalue weighted by atomic mass is 31.2. The number of nitrogens with zero attached hydrogens (tertiary/aromatic N) is 3. The molecule has 0 aromatic carbocycles. The SMILES string of the molecule is Nc1nc(NP(=O)(O)O)nc(NP(=O)(O)O)n1. The quantitative estimate of drug-likeness (QED) is 0.314. The fourth-order valence-electron chi connectivity index (χ4n) is 0.753. The predicted octanol–water partition coefficient (Wildman–Crippen LogP) is -1.54. The number of hydrogen-bond acceptors (Lipinski definition) is 6. The smallest absolute Gasteiger partial charge is 0.368 e. The molecule has 0 bridgehead atoms. The molecular formula is C3H8N6O6P2. The zero-order valence-electron chi connectivity index (χ0n) is 7.92. The van der Waals surface area contributed by atoms with Gasteiger partial charge in [-0.05, 0) is 0 Å². The summed E-state index contributed by atoms with van der Waals surface area (Å²) in [7, 11) is -9.32. The van der Waals surface area contributed by atoms with Crippen LogP contribution < -0.4 is 15.9 Å². The summed E-state index contributed by atoms with van der Waals surface area (Å²) in [4.78, 5) is 44.2. The van der Waals surface area contributed by atoms with Gasteiger partial charge in [0.1, 0.15) is 0 Å². The highest BCUT2D eigenvalue weighted by Gasteiger charge is 2.19. The van der Waals surface area contributed by atoms with Crippen LogP contribution in [0.25, 0.3) is 0 Å². The van der Waals surface area contributed by atoms with Gasteiger partial charge in [-0.2, -0.15) is 15.0 Å². The van der Waals surface area contributed by atoms with Crippen LogP contribution in [0.4, 0.5) is 17.8 Å². The van der Waals surface area contributed by atoms with Crippen LogP contribution in [-0.4, -0.2) is 34.5 Å². The third-order valence-electron chi connectivity index (χ3n) is 1.14. The van der Waals surface area contributed by atoms with E-state index in [1.54, 1.807) is 10.2 Å². The predicted molar refractivity (Wildman–Crippen MR) is 55.6 cm³/mol. The second-order valence-corrected chi connectivity index (χ2v) is 5.28. The molecule has 0 fully saturated rings. The zero-order chi connectivity index (χ0) is 13.3. The maximum absolute atomic E-state index is 10.6. The standard InChI is InChI=1S/C3H8N6O6P2/c4-1-5-2(8-16(10,11)12)7-3(6-1)9-17(13,14)15/h(H8,4,5,6,7,8,9,10,11,12,13,14,15). The number of hydrogen-bond donors (Lipinski definition) is 7. The molecular weight excluding hydrogens is 278 g/mol. The molecule has 12 nitrogen and oxygen atoms in total. The van der Waals surface area contributed by atoms with E-state index in [1.165, 1.54) is 0 Å². The molecule has 17 heavy (non-hydrogen) atoms. The van der Waals surface area contributed by atoms with Crippen LogP contribution in [0.1, 0.15) is 0 Å². The van der Waals surface area contributed by atoms with E-state index in [1.807, 2.05) is 0 Å². The van der Waals surface area contributed by atoms with Gasteiger partial charge in [0.15, 0.2) is 0 Å². The Bertz CT molecular complexity index is 466. The van der Waals surface area contributed by atoms with Gasteiger partial charge in [0.25, 0.3) is 0 Å². The van der Waals surface area contributed by atoms with Gasteiger partial charge < -0.3 is 25.3 Å². The molecule has 0 spiro atoms. The lowest BCUT2D eigenvalue weighted by Crippen LogP contribution is -2.08. The van der Waals surface area contributed by atoms with Gasteiger partial charge in [-0.25, -0.2) is 9.13 Å². The van der Waals surface area contributed by atoms with Crippen molar-refractivity contribution in [1.29, 1.82) is 0 Å². The summed E-state index contributed by atoms with van der Waals surface area (Å²) >= 11 is 0. The summed E-state index contributed by atoms with van der Waals surface area (Å²) in [6, 6.07) is 0. The number of aromatic nitrogens is 3. The molecule has 0 atom stereocenters. The highest BCUT2D eigenvalue weighted by Crippen LogP contribution is 2.36. The van der Waals surface area contributed by atoms with E-state index in [2.05, 4.69) is 15.0 Å². The minimum atomic E-state index is -4.66. The van der Waals surface area contributed by atoms with Crippen LogP contribution in [0.2, 0.25) is 0 Å². The third kappa shape index (κ3) is 5.54. The Labute approximate surface area is 93.7 Å². The van der Waals surface area contributed by atoms with Crippen molar-refractivity contribution < 1.29 is 28.7 Å². The lowest BCUT2D eigenvalue weighted by Gasteiger charge is -2.09. The zero-order valence-corrected chi connectivity index (χ0v) is 9.71. The summed E-state index contributed by atoms with van der Waals surface area (Å²) in [6.45, 7) is 0. The normalized spacial score (nSPS) is 12.2. The first-order valence-corrected chi connectivity index (χ1v) is 6.97. The van der Waals surface area contributed by atoms with E-state index < -0.39 is 33.3 Å². The van der Waals surface area contributed by atoms with Gasteiger partial charge in [-0.15, -0.1) is 0 Å². The molecule has 0 saturated carbocycles. The monoisotopic (exact) mass is 286 g/mol. The van der Waals surface area contributed by atoms with E-state index in [0.717, 1.165) is 0 Å². The van der Waals surface area contributed by atoms with E-state index >= 15 is 0 Å². The fourth-order valence-corrected chi connectivity index (χ4v) is 1.47. The lowest BCUT2D eigenvalue weighted by atomic mass is 10.8. The number of nitrogens with one attached hydrogen (secondary N) is 2. The Morgan fingerprint density at radius 3 is 1.53 bits per heavy atom. The molecule has 0 amide bonds. The van der Waals surface area contributed by atoms with Crippen LogP contribution in [-0.2, 0) is 9.13 Å². The van der Waals surface area contributed by atoms with Crippen LogP contribution >= 0.6 is 15.5 Å². The van der Waals surface area contributed by atoms with Crippen molar-refractivity contribution >= 4 is 33.3 Å². The highest BCUT2D eigenvalue weighted by molar-refractivity contribution is 7.53. The van der Waals surface area contributed by atoms with Crippen LogP contribution in [0.5, 0.6) is 0 Å². The third-order valence-corrected chi connectivity index (χ3v) is 2.13. The minimum absolute atomic E-state index is 0.480. The molecule has 0 saturated heterocycles. The Hall–Kier alpha value is -1.29. The Kier molecular flexibility index (Phi) is 3.67. The van der Waals surface area contributed by atoms with Gasteiger partial charge >= 0.3 is 15.5 Å². The largest absolute Gasteiger partial charge is 0.429 e. The van der Waals surface area contributed by atoms with Crippen molar-refractivity contribution in [3.63, 3.8) is 0 Å². The molecule has 0 radical (unpaired) electrons. The Morgan fingerprint density at radius 1 is 0.882 bits per heavy atom. The van der Waals surface area contributed by atoms with E-state index in [-0.39, 0.29) is 0 Å². The molecule has 1 heterocycles. The summed E-state index contributed by atoms with van der Waals surface area (Å²) in [5.74, 6) is -1.73.